The Bertz CT molecular complexity index is 1380. The van der Waals surface area contributed by atoms with Gasteiger partial charge >= 0.3 is 0 Å². The molecule has 4 aromatic rings. The van der Waals surface area contributed by atoms with Crippen molar-refractivity contribution < 1.29 is 9.53 Å². The second-order valence-electron chi connectivity index (χ2n) is 9.29. The molecule has 1 aliphatic carbocycles. The van der Waals surface area contributed by atoms with E-state index in [2.05, 4.69) is 48.6 Å². The van der Waals surface area contributed by atoms with Gasteiger partial charge in [0.1, 0.15) is 4.60 Å². The fourth-order valence-corrected chi connectivity index (χ4v) is 5.27. The van der Waals surface area contributed by atoms with Crippen LogP contribution in [0.2, 0.25) is 0 Å². The molecule has 2 N–H and O–H groups in total. The summed E-state index contributed by atoms with van der Waals surface area (Å²) in [4.78, 5) is 26.6. The van der Waals surface area contributed by atoms with E-state index < -0.39 is 0 Å². The van der Waals surface area contributed by atoms with Crippen LogP contribution in [0.4, 0.5) is 5.95 Å². The summed E-state index contributed by atoms with van der Waals surface area (Å²) in [5.74, 6) is 0.613. The van der Waals surface area contributed by atoms with Crippen molar-refractivity contribution in [3.8, 4) is 5.69 Å². The number of benzene rings is 1. The van der Waals surface area contributed by atoms with E-state index in [4.69, 9.17) is 9.72 Å². The average molecular weight is 552 g/mol. The van der Waals surface area contributed by atoms with Crippen molar-refractivity contribution in [3.63, 3.8) is 0 Å². The number of hydrogen-bond acceptors (Lipinski definition) is 7. The molecular formula is C26H30BrN7O2. The van der Waals surface area contributed by atoms with Gasteiger partial charge < -0.3 is 15.4 Å². The van der Waals surface area contributed by atoms with Crippen molar-refractivity contribution in [2.24, 2.45) is 5.92 Å². The number of hydrogen-bond donors (Lipinski definition) is 2. The Hall–Kier alpha value is -3.11. The maximum atomic E-state index is 12.9. The molecular weight excluding hydrogens is 522 g/mol. The summed E-state index contributed by atoms with van der Waals surface area (Å²) in [5, 5.41) is 13.1. The highest BCUT2D eigenvalue weighted by molar-refractivity contribution is 9.10. The molecule has 0 saturated heterocycles. The van der Waals surface area contributed by atoms with E-state index in [0.717, 1.165) is 54.1 Å². The van der Waals surface area contributed by atoms with E-state index in [9.17, 15) is 4.79 Å². The number of nitrogens with zero attached hydrogens (tertiary/aromatic N) is 5. The van der Waals surface area contributed by atoms with E-state index in [-0.39, 0.29) is 23.9 Å². The molecule has 1 fully saturated rings. The first kappa shape index (κ1) is 24.6. The molecule has 0 aliphatic heterocycles. The number of ether oxygens (including phenoxy) is 1. The highest BCUT2D eigenvalue weighted by atomic mass is 79.9. The molecule has 188 valence electrons. The van der Waals surface area contributed by atoms with Crippen LogP contribution in [0.25, 0.3) is 27.6 Å². The van der Waals surface area contributed by atoms with Gasteiger partial charge in [-0.15, -0.1) is 0 Å². The minimum atomic E-state index is -0.0308. The molecule has 10 heteroatoms. The van der Waals surface area contributed by atoms with Crippen LogP contribution in [-0.2, 0) is 9.53 Å². The van der Waals surface area contributed by atoms with Crippen molar-refractivity contribution in [1.82, 2.24) is 30.0 Å². The maximum Gasteiger partial charge on any atom is 0.224 e. The summed E-state index contributed by atoms with van der Waals surface area (Å²) in [7, 11) is 1.66. The summed E-state index contributed by atoms with van der Waals surface area (Å²) >= 11 is 3.55. The molecule has 0 bridgehead atoms. The highest BCUT2D eigenvalue weighted by Gasteiger charge is 2.29. The second-order valence-corrected chi connectivity index (χ2v) is 10.0. The van der Waals surface area contributed by atoms with Gasteiger partial charge in [0.2, 0.25) is 11.9 Å². The van der Waals surface area contributed by atoms with Gasteiger partial charge in [0.15, 0.2) is 5.65 Å². The van der Waals surface area contributed by atoms with Crippen molar-refractivity contribution in [2.75, 3.05) is 19.0 Å². The van der Waals surface area contributed by atoms with Gasteiger partial charge in [-0.3, -0.25) is 9.78 Å². The minimum Gasteiger partial charge on any atom is -0.383 e. The minimum absolute atomic E-state index is 0.0308. The Morgan fingerprint density at radius 3 is 3.00 bits per heavy atom. The third-order valence-electron chi connectivity index (χ3n) is 6.80. The standard InChI is InChI=1S/C26H30BrN7O2/c1-3-18(15-36-2)30-25(35)17-6-4-8-19(12-17)31-26-29-14-21-23(27)33-34(24(21)32-26)20-9-10-22-16(13-20)7-5-11-28-22/h5,7,9-11,13-14,17-19H,3-4,6,8,12,15H2,1-2H3,(H,30,35)(H,29,31,32)/t17-,18+,19-/m1/s1. The zero-order valence-corrected chi connectivity index (χ0v) is 22.0. The second kappa shape index (κ2) is 10.9. The van der Waals surface area contributed by atoms with Gasteiger partial charge in [-0.2, -0.15) is 10.1 Å². The fraction of sp³-hybridized carbons (Fsp3) is 0.423. The predicted octanol–water partition coefficient (Wildman–Crippen LogP) is 4.64. The highest BCUT2D eigenvalue weighted by Crippen LogP contribution is 2.29. The van der Waals surface area contributed by atoms with Gasteiger partial charge in [-0.25, -0.2) is 9.67 Å². The Labute approximate surface area is 218 Å². The normalized spacial score (nSPS) is 18.9. The van der Waals surface area contributed by atoms with Gasteiger partial charge in [-0.1, -0.05) is 19.4 Å². The third kappa shape index (κ3) is 5.19. The Morgan fingerprint density at radius 1 is 1.28 bits per heavy atom. The van der Waals surface area contributed by atoms with Gasteiger partial charge in [-0.05, 0) is 65.9 Å². The number of pyridine rings is 1. The fourth-order valence-electron chi connectivity index (χ4n) is 4.84. The zero-order chi connectivity index (χ0) is 25.1. The van der Waals surface area contributed by atoms with E-state index in [0.29, 0.717) is 22.8 Å². The SMILES string of the molecule is CC[C@@H](COC)NC(=O)[C@@H]1CCC[C@@H](Nc2ncc3c(Br)nn(-c4ccc5ncccc5c4)c3n2)C1. The molecule has 3 atom stereocenters. The quantitative estimate of drug-likeness (QED) is 0.328. The predicted molar refractivity (Wildman–Crippen MR) is 143 cm³/mol. The van der Waals surface area contributed by atoms with Gasteiger partial charge in [0.05, 0.1) is 29.2 Å². The van der Waals surface area contributed by atoms with Gasteiger partial charge in [0.25, 0.3) is 0 Å². The smallest absolute Gasteiger partial charge is 0.224 e. The number of carbonyl (C=O) groups excluding carboxylic acids is 1. The van der Waals surface area contributed by atoms with Crippen LogP contribution in [0.1, 0.15) is 39.0 Å². The van der Waals surface area contributed by atoms with Crippen molar-refractivity contribution in [3.05, 3.63) is 47.3 Å². The summed E-state index contributed by atoms with van der Waals surface area (Å²) in [5.41, 5.74) is 2.53. The molecule has 0 radical (unpaired) electrons. The number of nitrogens with one attached hydrogen (secondary N) is 2. The summed E-state index contributed by atoms with van der Waals surface area (Å²) in [6.07, 6.45) is 8.01. The maximum absolute atomic E-state index is 12.9. The Morgan fingerprint density at radius 2 is 2.17 bits per heavy atom. The molecule has 1 saturated carbocycles. The first-order valence-corrected chi connectivity index (χ1v) is 13.2. The third-order valence-corrected chi connectivity index (χ3v) is 7.38. The molecule has 0 spiro atoms. The van der Waals surface area contributed by atoms with Crippen molar-refractivity contribution in [2.45, 2.75) is 51.1 Å². The van der Waals surface area contributed by atoms with E-state index in [1.54, 1.807) is 19.5 Å². The number of carbonyl (C=O) groups is 1. The Kier molecular flexibility index (Phi) is 7.43. The number of rotatable bonds is 8. The molecule has 3 heterocycles. The van der Waals surface area contributed by atoms with Crippen LogP contribution in [0, 0.1) is 5.92 Å². The monoisotopic (exact) mass is 551 g/mol. The average Bonchev–Trinajstić information content (AvgIpc) is 3.23. The number of amides is 1. The summed E-state index contributed by atoms with van der Waals surface area (Å²) in [6.45, 7) is 2.59. The number of aromatic nitrogens is 5. The van der Waals surface area contributed by atoms with Crippen LogP contribution in [-0.4, -0.2) is 56.4 Å². The summed E-state index contributed by atoms with van der Waals surface area (Å²) in [6, 6.07) is 10.1. The van der Waals surface area contributed by atoms with Crippen LogP contribution in [0.5, 0.6) is 0 Å². The largest absolute Gasteiger partial charge is 0.383 e. The molecule has 1 amide bonds. The molecule has 5 rings (SSSR count). The van der Waals surface area contributed by atoms with Crippen LogP contribution in [0.3, 0.4) is 0 Å². The molecule has 3 aromatic heterocycles. The van der Waals surface area contributed by atoms with E-state index in [1.165, 1.54) is 0 Å². The lowest BCUT2D eigenvalue weighted by Crippen LogP contribution is -2.43. The Balaban J connectivity index is 1.35. The number of halogens is 1. The molecule has 9 nitrogen and oxygen atoms in total. The van der Waals surface area contributed by atoms with Gasteiger partial charge in [0, 0.05) is 36.8 Å². The first-order valence-electron chi connectivity index (χ1n) is 12.4. The lowest BCUT2D eigenvalue weighted by atomic mass is 9.85. The summed E-state index contributed by atoms with van der Waals surface area (Å²) < 4.78 is 7.73. The molecule has 1 aromatic carbocycles. The van der Waals surface area contributed by atoms with Crippen molar-refractivity contribution in [1.29, 1.82) is 0 Å². The molecule has 1 aliphatic rings. The number of fused-ring (bicyclic) bond motifs is 2. The van der Waals surface area contributed by atoms with Crippen LogP contribution in [0.15, 0.2) is 47.3 Å². The van der Waals surface area contributed by atoms with E-state index in [1.807, 2.05) is 35.0 Å². The topological polar surface area (TPSA) is 107 Å². The van der Waals surface area contributed by atoms with Crippen LogP contribution < -0.4 is 10.6 Å². The van der Waals surface area contributed by atoms with Crippen LogP contribution >= 0.6 is 15.9 Å². The zero-order valence-electron chi connectivity index (χ0n) is 20.4. The molecule has 0 unspecified atom stereocenters. The lowest BCUT2D eigenvalue weighted by molar-refractivity contribution is -0.127. The number of methoxy groups -OCH3 is 1. The van der Waals surface area contributed by atoms with Crippen molar-refractivity contribution >= 4 is 49.7 Å². The first-order chi connectivity index (χ1) is 17.6. The number of anilines is 1. The lowest BCUT2D eigenvalue weighted by Gasteiger charge is -2.30. The molecule has 36 heavy (non-hydrogen) atoms. The van der Waals surface area contributed by atoms with E-state index >= 15 is 0 Å².